The lowest BCUT2D eigenvalue weighted by Crippen LogP contribution is -2.23. The van der Waals surface area contributed by atoms with Crippen LogP contribution >= 0.6 is 0 Å². The van der Waals surface area contributed by atoms with E-state index >= 15 is 0 Å². The van der Waals surface area contributed by atoms with E-state index in [1.807, 2.05) is 24.3 Å². The smallest absolute Gasteiger partial charge is 0.163 e. The molecule has 4 heteroatoms. The molecule has 0 fully saturated rings. The Bertz CT molecular complexity index is 1090. The largest absolute Gasteiger partial charge is 0.304 e. The number of hydrogen-bond donors (Lipinski definition) is 0. The van der Waals surface area contributed by atoms with Gasteiger partial charge in [0.1, 0.15) is 0 Å². The molecule has 0 atom stereocenters. The fourth-order valence-corrected chi connectivity index (χ4v) is 5.48. The maximum absolute atomic E-state index is 13.2. The summed E-state index contributed by atoms with van der Waals surface area (Å²) in [7, 11) is 0. The lowest BCUT2D eigenvalue weighted by molar-refractivity contribution is 0.0972. The second kappa shape index (κ2) is 15.8. The zero-order valence-electron chi connectivity index (χ0n) is 24.2. The number of Topliss-reactive ketones (excluding diaryl/α,β-unsaturated/α-hetero) is 2. The molecule has 0 saturated heterocycles. The number of nitrogens with zero attached hydrogens (tertiary/aromatic N) is 2. The van der Waals surface area contributed by atoms with Crippen molar-refractivity contribution in [3.05, 3.63) is 59.7 Å². The van der Waals surface area contributed by atoms with Crippen molar-refractivity contribution in [2.75, 3.05) is 39.3 Å². The topological polar surface area (TPSA) is 40.6 Å². The molecule has 3 aromatic rings. The first-order chi connectivity index (χ1) is 18.5. The van der Waals surface area contributed by atoms with Crippen LogP contribution in [0.5, 0.6) is 0 Å². The van der Waals surface area contributed by atoms with Gasteiger partial charge in [-0.3, -0.25) is 9.59 Å². The number of carbonyl (C=O) groups excluding carboxylic acids is 2. The quantitative estimate of drug-likeness (QED) is 0.0971. The van der Waals surface area contributed by atoms with E-state index in [4.69, 9.17) is 0 Å². The fraction of sp³-hybridized carbons (Fsp3) is 0.529. The molecule has 38 heavy (non-hydrogen) atoms. The molecule has 4 nitrogen and oxygen atoms in total. The Hall–Kier alpha value is -2.56. The van der Waals surface area contributed by atoms with Gasteiger partial charge >= 0.3 is 0 Å². The van der Waals surface area contributed by atoms with Crippen LogP contribution < -0.4 is 0 Å². The predicted octanol–water partition coefficient (Wildman–Crippen LogP) is 8.16. The van der Waals surface area contributed by atoms with E-state index in [2.05, 4.69) is 61.8 Å². The molecular formula is C34H48N2O2. The molecule has 0 heterocycles. The summed E-state index contributed by atoms with van der Waals surface area (Å²) in [5.74, 6) is 0.407. The average molecular weight is 517 g/mol. The van der Waals surface area contributed by atoms with Crippen molar-refractivity contribution in [2.45, 2.75) is 79.1 Å². The summed E-state index contributed by atoms with van der Waals surface area (Å²) in [5.41, 5.74) is 1.57. The minimum atomic E-state index is 0.204. The molecule has 0 aromatic heterocycles. The first-order valence-corrected chi connectivity index (χ1v) is 15.0. The van der Waals surface area contributed by atoms with Crippen LogP contribution in [0.1, 0.15) is 99.8 Å². The molecular weight excluding hydrogens is 468 g/mol. The van der Waals surface area contributed by atoms with Gasteiger partial charge in [-0.05, 0) is 98.6 Å². The van der Waals surface area contributed by atoms with E-state index in [1.165, 1.54) is 0 Å². The molecule has 206 valence electrons. The third-order valence-corrected chi connectivity index (χ3v) is 8.03. The molecule has 0 aliphatic carbocycles. The monoisotopic (exact) mass is 516 g/mol. The summed E-state index contributed by atoms with van der Waals surface area (Å²) in [5, 5.41) is 4.05. The minimum absolute atomic E-state index is 0.204. The Morgan fingerprint density at radius 3 is 1.37 bits per heavy atom. The van der Waals surface area contributed by atoms with Gasteiger partial charge < -0.3 is 9.80 Å². The lowest BCUT2D eigenvalue weighted by atomic mass is 9.92. The summed E-state index contributed by atoms with van der Waals surface area (Å²) < 4.78 is 0. The van der Waals surface area contributed by atoms with Gasteiger partial charge in [0.05, 0.1) is 0 Å². The first kappa shape index (κ1) is 30.0. The van der Waals surface area contributed by atoms with Gasteiger partial charge in [0.25, 0.3) is 0 Å². The van der Waals surface area contributed by atoms with Crippen molar-refractivity contribution in [1.82, 2.24) is 9.80 Å². The number of benzene rings is 3. The van der Waals surface area contributed by atoms with Crippen LogP contribution in [-0.2, 0) is 0 Å². The van der Waals surface area contributed by atoms with Crippen molar-refractivity contribution in [1.29, 1.82) is 0 Å². The van der Waals surface area contributed by atoms with Crippen molar-refractivity contribution >= 4 is 33.1 Å². The Morgan fingerprint density at radius 2 is 0.974 bits per heavy atom. The van der Waals surface area contributed by atoms with E-state index in [9.17, 15) is 9.59 Å². The van der Waals surface area contributed by atoms with Crippen LogP contribution in [0.25, 0.3) is 21.5 Å². The normalized spacial score (nSPS) is 11.7. The summed E-state index contributed by atoms with van der Waals surface area (Å²) in [6.45, 7) is 15.3. The Balaban J connectivity index is 1.69. The predicted molar refractivity (Wildman–Crippen MR) is 163 cm³/mol. The summed E-state index contributed by atoms with van der Waals surface area (Å²) in [6, 6.07) is 16.2. The lowest BCUT2D eigenvalue weighted by Gasteiger charge is -2.17. The van der Waals surface area contributed by atoms with Crippen LogP contribution in [0.4, 0.5) is 0 Å². The molecule has 0 saturated carbocycles. The molecule has 0 spiro atoms. The van der Waals surface area contributed by atoms with E-state index in [-0.39, 0.29) is 11.6 Å². The number of carbonyl (C=O) groups is 2. The van der Waals surface area contributed by atoms with Crippen molar-refractivity contribution in [2.24, 2.45) is 0 Å². The third-order valence-electron chi connectivity index (χ3n) is 8.03. The maximum atomic E-state index is 13.2. The molecule has 0 unspecified atom stereocenters. The highest BCUT2D eigenvalue weighted by atomic mass is 16.1. The van der Waals surface area contributed by atoms with Crippen LogP contribution in [0.3, 0.4) is 0 Å². The summed E-state index contributed by atoms with van der Waals surface area (Å²) in [4.78, 5) is 31.3. The zero-order chi connectivity index (χ0) is 27.3. The first-order valence-electron chi connectivity index (χ1n) is 15.0. The number of rotatable bonds is 18. The Kier molecular flexibility index (Phi) is 12.4. The minimum Gasteiger partial charge on any atom is -0.304 e. The zero-order valence-corrected chi connectivity index (χ0v) is 24.2. The van der Waals surface area contributed by atoms with Gasteiger partial charge in [0, 0.05) is 24.0 Å². The highest BCUT2D eigenvalue weighted by Gasteiger charge is 2.15. The Morgan fingerprint density at radius 1 is 0.553 bits per heavy atom. The van der Waals surface area contributed by atoms with Crippen molar-refractivity contribution in [3.63, 3.8) is 0 Å². The SMILES string of the molecule is CCN(CC)CCCCCC(=O)c1cccc2cc3cccc(C(=O)CCCCCN(CC)CC)c3cc12. The summed E-state index contributed by atoms with van der Waals surface area (Å²) >= 11 is 0. The van der Waals surface area contributed by atoms with Crippen molar-refractivity contribution < 1.29 is 9.59 Å². The highest BCUT2D eigenvalue weighted by molar-refractivity contribution is 6.15. The van der Waals surface area contributed by atoms with Gasteiger partial charge in [-0.15, -0.1) is 0 Å². The molecule has 0 bridgehead atoms. The third kappa shape index (κ3) is 8.22. The molecule has 0 radical (unpaired) electrons. The van der Waals surface area contributed by atoms with E-state index in [1.54, 1.807) is 0 Å². The maximum Gasteiger partial charge on any atom is 0.163 e. The fourth-order valence-electron chi connectivity index (χ4n) is 5.48. The molecule has 0 amide bonds. The number of ketones is 2. The van der Waals surface area contributed by atoms with Crippen molar-refractivity contribution in [3.8, 4) is 0 Å². The van der Waals surface area contributed by atoms with Crippen LogP contribution in [0.15, 0.2) is 48.5 Å². The van der Waals surface area contributed by atoms with E-state index < -0.39 is 0 Å². The molecule has 0 N–H and O–H groups in total. The van der Waals surface area contributed by atoms with Crippen LogP contribution in [0, 0.1) is 0 Å². The number of hydrogen-bond acceptors (Lipinski definition) is 4. The van der Waals surface area contributed by atoms with E-state index in [0.717, 1.165) is 110 Å². The number of fused-ring (bicyclic) bond motifs is 2. The van der Waals surface area contributed by atoms with Crippen LogP contribution in [-0.4, -0.2) is 60.6 Å². The molecule has 3 rings (SSSR count). The Labute approximate surface area is 230 Å². The molecule has 0 aliphatic rings. The average Bonchev–Trinajstić information content (AvgIpc) is 2.94. The standard InChI is InChI=1S/C34H48N2O2/c1-5-35(6-2)23-13-9-11-21-33(37)29-19-15-17-27-25-28-18-16-20-30(32(28)26-31(27)29)34(38)22-12-10-14-24-36(7-3)8-4/h15-20,25-26H,5-14,21-24H2,1-4H3. The van der Waals surface area contributed by atoms with Crippen LogP contribution in [0.2, 0.25) is 0 Å². The van der Waals surface area contributed by atoms with Gasteiger partial charge in [0.15, 0.2) is 11.6 Å². The van der Waals surface area contributed by atoms with E-state index in [0.29, 0.717) is 12.8 Å². The molecule has 3 aromatic carbocycles. The second-order valence-corrected chi connectivity index (χ2v) is 10.4. The van der Waals surface area contributed by atoms with Gasteiger partial charge in [-0.25, -0.2) is 0 Å². The number of unbranched alkanes of at least 4 members (excludes halogenated alkanes) is 4. The van der Waals surface area contributed by atoms with Gasteiger partial charge in [-0.1, -0.05) is 76.9 Å². The molecule has 0 aliphatic heterocycles. The second-order valence-electron chi connectivity index (χ2n) is 10.4. The highest BCUT2D eigenvalue weighted by Crippen LogP contribution is 2.29. The van der Waals surface area contributed by atoms with Gasteiger partial charge in [0.2, 0.25) is 0 Å². The summed E-state index contributed by atoms with van der Waals surface area (Å²) in [6.07, 6.45) is 7.40. The van der Waals surface area contributed by atoms with Gasteiger partial charge in [-0.2, -0.15) is 0 Å².